The lowest BCUT2D eigenvalue weighted by atomic mass is 10.1. The van der Waals surface area contributed by atoms with E-state index in [0.717, 1.165) is 12.1 Å². The number of H-pyrrole nitrogens is 1. The van der Waals surface area contributed by atoms with Crippen molar-refractivity contribution in [2.75, 3.05) is 0 Å². The quantitative estimate of drug-likeness (QED) is 0.745. The SMILES string of the molecule is FC(F)(F)c1ccc(-c2cccc(=S)[nH]2)cc1. The first-order chi connectivity index (χ1) is 7.97. The van der Waals surface area contributed by atoms with Gasteiger partial charge in [0.1, 0.15) is 4.64 Å². The fraction of sp³-hybridized carbons (Fsp3) is 0.0833. The fourth-order valence-electron chi connectivity index (χ4n) is 1.45. The minimum atomic E-state index is -4.30. The Bertz CT molecular complexity index is 569. The van der Waals surface area contributed by atoms with Crippen molar-refractivity contribution in [1.29, 1.82) is 0 Å². The highest BCUT2D eigenvalue weighted by atomic mass is 32.1. The first-order valence-electron chi connectivity index (χ1n) is 4.84. The number of rotatable bonds is 1. The van der Waals surface area contributed by atoms with E-state index in [4.69, 9.17) is 12.2 Å². The molecule has 0 unspecified atom stereocenters. The highest BCUT2D eigenvalue weighted by Gasteiger charge is 2.29. The molecule has 5 heteroatoms. The Hall–Kier alpha value is -1.62. The molecule has 1 aromatic carbocycles. The van der Waals surface area contributed by atoms with Gasteiger partial charge in [0.2, 0.25) is 0 Å². The molecular weight excluding hydrogens is 247 g/mol. The highest BCUT2D eigenvalue weighted by molar-refractivity contribution is 7.71. The Labute approximate surface area is 101 Å². The predicted octanol–water partition coefficient (Wildman–Crippen LogP) is 4.43. The lowest BCUT2D eigenvalue weighted by molar-refractivity contribution is -0.137. The van der Waals surface area contributed by atoms with Crippen LogP contribution in [0.1, 0.15) is 5.56 Å². The minimum Gasteiger partial charge on any atom is -0.346 e. The van der Waals surface area contributed by atoms with Crippen molar-refractivity contribution in [2.45, 2.75) is 6.18 Å². The maximum atomic E-state index is 12.4. The van der Waals surface area contributed by atoms with Crippen LogP contribution in [0.25, 0.3) is 11.3 Å². The molecule has 2 aromatic rings. The van der Waals surface area contributed by atoms with Gasteiger partial charge in [0.25, 0.3) is 0 Å². The normalized spacial score (nSPS) is 11.5. The van der Waals surface area contributed by atoms with E-state index in [-0.39, 0.29) is 0 Å². The summed E-state index contributed by atoms with van der Waals surface area (Å²) in [6.45, 7) is 0. The second-order valence-corrected chi connectivity index (χ2v) is 3.94. The van der Waals surface area contributed by atoms with Crippen LogP contribution in [0.5, 0.6) is 0 Å². The molecule has 0 aliphatic carbocycles. The fourth-order valence-corrected chi connectivity index (χ4v) is 1.64. The molecule has 17 heavy (non-hydrogen) atoms. The maximum absolute atomic E-state index is 12.4. The minimum absolute atomic E-state index is 0.544. The molecule has 88 valence electrons. The van der Waals surface area contributed by atoms with Crippen LogP contribution >= 0.6 is 12.2 Å². The Morgan fingerprint density at radius 2 is 1.59 bits per heavy atom. The molecule has 0 amide bonds. The Morgan fingerprint density at radius 1 is 0.941 bits per heavy atom. The molecule has 0 bridgehead atoms. The van der Waals surface area contributed by atoms with E-state index in [9.17, 15) is 13.2 Å². The Balaban J connectivity index is 2.39. The van der Waals surface area contributed by atoms with E-state index in [1.165, 1.54) is 12.1 Å². The van der Waals surface area contributed by atoms with Crippen molar-refractivity contribution in [3.05, 3.63) is 52.7 Å². The molecule has 0 spiro atoms. The van der Waals surface area contributed by atoms with E-state index in [0.29, 0.717) is 15.9 Å². The molecule has 0 aliphatic rings. The van der Waals surface area contributed by atoms with Gasteiger partial charge in [0, 0.05) is 5.69 Å². The van der Waals surface area contributed by atoms with Gasteiger partial charge in [-0.15, -0.1) is 0 Å². The van der Waals surface area contributed by atoms with Crippen molar-refractivity contribution < 1.29 is 13.2 Å². The molecule has 1 N–H and O–H groups in total. The zero-order valence-electron chi connectivity index (χ0n) is 8.58. The molecule has 1 nitrogen and oxygen atoms in total. The van der Waals surface area contributed by atoms with Gasteiger partial charge in [0.05, 0.1) is 5.56 Å². The number of benzene rings is 1. The van der Waals surface area contributed by atoms with Gasteiger partial charge in [-0.25, -0.2) is 0 Å². The van der Waals surface area contributed by atoms with Gasteiger partial charge in [-0.3, -0.25) is 0 Å². The third-order valence-corrected chi connectivity index (χ3v) is 2.53. The van der Waals surface area contributed by atoms with Gasteiger partial charge in [-0.05, 0) is 29.8 Å². The first-order valence-corrected chi connectivity index (χ1v) is 5.24. The largest absolute Gasteiger partial charge is 0.416 e. The molecular formula is C12H8F3NS. The van der Waals surface area contributed by atoms with Crippen LogP contribution < -0.4 is 0 Å². The summed E-state index contributed by atoms with van der Waals surface area (Å²) in [7, 11) is 0. The smallest absolute Gasteiger partial charge is 0.346 e. The molecule has 0 fully saturated rings. The summed E-state index contributed by atoms with van der Waals surface area (Å²) in [5.41, 5.74) is 0.715. The van der Waals surface area contributed by atoms with Crippen LogP contribution in [0, 0.1) is 4.64 Å². The lowest BCUT2D eigenvalue weighted by Crippen LogP contribution is -2.04. The number of hydrogen-bond donors (Lipinski definition) is 1. The van der Waals surface area contributed by atoms with Crippen LogP contribution in [-0.2, 0) is 6.18 Å². The van der Waals surface area contributed by atoms with E-state index < -0.39 is 11.7 Å². The number of pyridine rings is 1. The molecule has 0 saturated heterocycles. The molecule has 0 atom stereocenters. The van der Waals surface area contributed by atoms with Crippen molar-refractivity contribution >= 4 is 12.2 Å². The zero-order valence-corrected chi connectivity index (χ0v) is 9.40. The van der Waals surface area contributed by atoms with Crippen molar-refractivity contribution in [3.8, 4) is 11.3 Å². The summed E-state index contributed by atoms with van der Waals surface area (Å²) in [5.74, 6) is 0. The van der Waals surface area contributed by atoms with Crippen molar-refractivity contribution in [1.82, 2.24) is 4.98 Å². The van der Waals surface area contributed by atoms with Gasteiger partial charge >= 0.3 is 6.18 Å². The summed E-state index contributed by atoms with van der Waals surface area (Å²) >= 11 is 4.95. The standard InChI is InChI=1S/C12H8F3NS/c13-12(14,15)9-6-4-8(5-7-9)10-2-1-3-11(17)16-10/h1-7H,(H,16,17). The Kier molecular flexibility index (Phi) is 3.02. The van der Waals surface area contributed by atoms with Crippen molar-refractivity contribution in [3.63, 3.8) is 0 Å². The van der Waals surface area contributed by atoms with Crippen LogP contribution in [0.3, 0.4) is 0 Å². The number of alkyl halides is 3. The predicted molar refractivity (Wildman–Crippen MR) is 62.1 cm³/mol. The number of halogens is 3. The van der Waals surface area contributed by atoms with Crippen LogP contribution in [0.4, 0.5) is 13.2 Å². The summed E-state index contributed by atoms with van der Waals surface area (Å²) in [6.07, 6.45) is -4.30. The second kappa shape index (κ2) is 4.33. The second-order valence-electron chi connectivity index (χ2n) is 3.50. The van der Waals surface area contributed by atoms with Gasteiger partial charge in [0.15, 0.2) is 0 Å². The Morgan fingerprint density at radius 3 is 2.12 bits per heavy atom. The number of hydrogen-bond acceptors (Lipinski definition) is 1. The van der Waals surface area contributed by atoms with E-state index in [1.54, 1.807) is 18.2 Å². The maximum Gasteiger partial charge on any atom is 0.416 e. The summed E-state index contributed by atoms with van der Waals surface area (Å²) < 4.78 is 37.6. The average molecular weight is 255 g/mol. The monoisotopic (exact) mass is 255 g/mol. The van der Waals surface area contributed by atoms with Crippen LogP contribution in [-0.4, -0.2) is 4.98 Å². The molecule has 0 aliphatic heterocycles. The number of nitrogens with one attached hydrogen (secondary N) is 1. The molecule has 0 saturated carbocycles. The van der Waals surface area contributed by atoms with Crippen molar-refractivity contribution in [2.24, 2.45) is 0 Å². The average Bonchev–Trinajstić information content (AvgIpc) is 2.28. The lowest BCUT2D eigenvalue weighted by Gasteiger charge is -2.07. The molecule has 2 rings (SSSR count). The molecule has 0 radical (unpaired) electrons. The van der Waals surface area contributed by atoms with E-state index in [2.05, 4.69) is 4.98 Å². The third kappa shape index (κ3) is 2.74. The number of aromatic amines is 1. The first kappa shape index (κ1) is 11.9. The molecule has 1 heterocycles. The topological polar surface area (TPSA) is 15.8 Å². The van der Waals surface area contributed by atoms with E-state index >= 15 is 0 Å². The zero-order chi connectivity index (χ0) is 12.5. The van der Waals surface area contributed by atoms with Crippen LogP contribution in [0.2, 0.25) is 0 Å². The number of aromatic nitrogens is 1. The molecule has 1 aromatic heterocycles. The van der Waals surface area contributed by atoms with E-state index in [1.807, 2.05) is 0 Å². The third-order valence-electron chi connectivity index (χ3n) is 2.29. The van der Waals surface area contributed by atoms with Gasteiger partial charge in [-0.1, -0.05) is 30.4 Å². The van der Waals surface area contributed by atoms with Crippen LogP contribution in [0.15, 0.2) is 42.5 Å². The van der Waals surface area contributed by atoms with Gasteiger partial charge < -0.3 is 4.98 Å². The summed E-state index contributed by atoms with van der Waals surface area (Å²) in [4.78, 5) is 2.92. The van der Waals surface area contributed by atoms with Gasteiger partial charge in [-0.2, -0.15) is 13.2 Å². The summed E-state index contributed by atoms with van der Waals surface area (Å²) in [5, 5.41) is 0. The summed E-state index contributed by atoms with van der Waals surface area (Å²) in [6, 6.07) is 10.2. The highest BCUT2D eigenvalue weighted by Crippen LogP contribution is 2.30.